The summed E-state index contributed by atoms with van der Waals surface area (Å²) in [7, 11) is 0. The van der Waals surface area contributed by atoms with Gasteiger partial charge in [-0.15, -0.1) is 0 Å². The van der Waals surface area contributed by atoms with Crippen LogP contribution in [0.25, 0.3) is 0 Å². The van der Waals surface area contributed by atoms with E-state index in [2.05, 4.69) is 0 Å². The molecule has 0 heterocycles. The van der Waals surface area contributed by atoms with Gasteiger partial charge in [-0.25, -0.2) is 0 Å². The molecular formula is C15H16N4O4. The summed E-state index contributed by atoms with van der Waals surface area (Å²) in [6.45, 7) is 3.45. The van der Waals surface area contributed by atoms with Gasteiger partial charge in [0.2, 0.25) is 0 Å². The minimum absolute atomic E-state index is 0.0505. The van der Waals surface area contributed by atoms with Crippen LogP contribution < -0.4 is 11.5 Å². The summed E-state index contributed by atoms with van der Waals surface area (Å²) in [5.74, 6) is 0. The first-order valence-corrected chi connectivity index (χ1v) is 6.77. The van der Waals surface area contributed by atoms with E-state index in [0.717, 1.165) is 0 Å². The summed E-state index contributed by atoms with van der Waals surface area (Å²) in [4.78, 5) is 21.3. The van der Waals surface area contributed by atoms with Gasteiger partial charge in [0.15, 0.2) is 0 Å². The molecule has 4 N–H and O–H groups in total. The number of anilines is 2. The zero-order valence-electron chi connectivity index (χ0n) is 12.7. The maximum absolute atomic E-state index is 11.2. The highest BCUT2D eigenvalue weighted by molar-refractivity contribution is 5.62. The fourth-order valence-electron chi connectivity index (χ4n) is 2.37. The maximum Gasteiger partial charge on any atom is 0.275 e. The van der Waals surface area contributed by atoms with Crippen LogP contribution in [0.4, 0.5) is 22.7 Å². The van der Waals surface area contributed by atoms with Crippen LogP contribution in [0.2, 0.25) is 0 Å². The maximum atomic E-state index is 11.2. The number of nitro groups is 2. The Labute approximate surface area is 132 Å². The van der Waals surface area contributed by atoms with Crippen molar-refractivity contribution in [3.05, 3.63) is 66.7 Å². The molecule has 0 amide bonds. The molecule has 0 aliphatic heterocycles. The van der Waals surface area contributed by atoms with Crippen molar-refractivity contribution < 1.29 is 9.85 Å². The standard InChI is InChI=1S/C15H16N4O4/c1-8-3-10(14(18(20)21)6-12(8)16)5-11-4-9(2)13(17)7-15(11)19(22)23/h3-4,6-7H,5,16-17H2,1-2H3. The molecule has 2 aromatic carbocycles. The Bertz CT molecular complexity index is 750. The molecule has 2 aromatic rings. The fraction of sp³-hybridized carbons (Fsp3) is 0.200. The van der Waals surface area contributed by atoms with Crippen LogP contribution in [-0.2, 0) is 6.42 Å². The van der Waals surface area contributed by atoms with E-state index >= 15 is 0 Å². The molecule has 0 atom stereocenters. The first kappa shape index (κ1) is 16.2. The third-order valence-corrected chi connectivity index (χ3v) is 3.71. The van der Waals surface area contributed by atoms with Crippen molar-refractivity contribution in [3.63, 3.8) is 0 Å². The lowest BCUT2D eigenvalue weighted by atomic mass is 9.97. The molecule has 0 radical (unpaired) electrons. The number of nitrogen functional groups attached to an aromatic ring is 2. The van der Waals surface area contributed by atoms with Crippen molar-refractivity contribution in [2.75, 3.05) is 11.5 Å². The van der Waals surface area contributed by atoms with E-state index in [1.165, 1.54) is 12.1 Å². The largest absolute Gasteiger partial charge is 0.398 e. The second-order valence-electron chi connectivity index (χ2n) is 5.37. The second-order valence-corrected chi connectivity index (χ2v) is 5.37. The Morgan fingerprint density at radius 3 is 1.48 bits per heavy atom. The lowest BCUT2D eigenvalue weighted by Crippen LogP contribution is -2.04. The van der Waals surface area contributed by atoms with Crippen LogP contribution in [0.5, 0.6) is 0 Å². The van der Waals surface area contributed by atoms with Crippen LogP contribution >= 0.6 is 0 Å². The first-order valence-electron chi connectivity index (χ1n) is 6.77. The lowest BCUT2D eigenvalue weighted by Gasteiger charge is -2.09. The predicted octanol–water partition coefficient (Wildman–Crippen LogP) is 2.88. The summed E-state index contributed by atoms with van der Waals surface area (Å²) in [5, 5.41) is 22.4. The molecule has 0 aliphatic carbocycles. The molecule has 120 valence electrons. The average Bonchev–Trinajstić information content (AvgIpc) is 2.45. The molecule has 0 unspecified atom stereocenters. The van der Waals surface area contributed by atoms with E-state index in [4.69, 9.17) is 11.5 Å². The van der Waals surface area contributed by atoms with Crippen LogP contribution in [-0.4, -0.2) is 9.85 Å². The minimum atomic E-state index is -0.541. The van der Waals surface area contributed by atoms with Crippen molar-refractivity contribution in [3.8, 4) is 0 Å². The van der Waals surface area contributed by atoms with Crippen molar-refractivity contribution in [2.45, 2.75) is 20.3 Å². The van der Waals surface area contributed by atoms with Gasteiger partial charge in [0.1, 0.15) is 0 Å². The SMILES string of the molecule is Cc1cc(Cc2cc(C)c(N)cc2[N+](=O)[O-])c([N+](=O)[O-])cc1N. The highest BCUT2D eigenvalue weighted by Crippen LogP contribution is 2.32. The molecule has 8 heteroatoms. The molecule has 8 nitrogen and oxygen atoms in total. The van der Waals surface area contributed by atoms with Crippen LogP contribution in [0, 0.1) is 34.1 Å². The number of aryl methyl sites for hydroxylation is 2. The summed E-state index contributed by atoms with van der Waals surface area (Å²) in [6.07, 6.45) is 0.0505. The number of nitrogens with zero attached hydrogens (tertiary/aromatic N) is 2. The van der Waals surface area contributed by atoms with Gasteiger partial charge in [0.05, 0.1) is 9.85 Å². The van der Waals surface area contributed by atoms with Gasteiger partial charge in [-0.3, -0.25) is 20.2 Å². The second kappa shape index (κ2) is 5.91. The zero-order chi connectivity index (χ0) is 17.3. The summed E-state index contributed by atoms with van der Waals surface area (Å²) >= 11 is 0. The fourth-order valence-corrected chi connectivity index (χ4v) is 2.37. The Hall–Kier alpha value is -3.16. The smallest absolute Gasteiger partial charge is 0.275 e. The average molecular weight is 316 g/mol. The molecule has 0 saturated heterocycles. The summed E-state index contributed by atoms with van der Waals surface area (Å²) < 4.78 is 0. The van der Waals surface area contributed by atoms with Crippen LogP contribution in [0.3, 0.4) is 0 Å². The molecule has 0 saturated carbocycles. The quantitative estimate of drug-likeness (QED) is 0.505. The molecule has 0 aliphatic rings. The number of benzene rings is 2. The monoisotopic (exact) mass is 316 g/mol. The van der Waals surface area contributed by atoms with Gasteiger partial charge in [-0.05, 0) is 37.1 Å². The molecule has 23 heavy (non-hydrogen) atoms. The third kappa shape index (κ3) is 3.20. The Kier molecular flexibility index (Phi) is 4.17. The van der Waals surface area contributed by atoms with Gasteiger partial charge in [0.25, 0.3) is 11.4 Å². The molecule has 0 bridgehead atoms. The van der Waals surface area contributed by atoms with Gasteiger partial charge in [0, 0.05) is 41.1 Å². The Morgan fingerprint density at radius 2 is 1.17 bits per heavy atom. The molecule has 0 spiro atoms. The highest BCUT2D eigenvalue weighted by Gasteiger charge is 2.21. The Balaban J connectivity index is 2.59. The van der Waals surface area contributed by atoms with E-state index in [1.54, 1.807) is 26.0 Å². The molecule has 2 rings (SSSR count). The third-order valence-electron chi connectivity index (χ3n) is 3.71. The lowest BCUT2D eigenvalue weighted by molar-refractivity contribution is -0.386. The first-order chi connectivity index (χ1) is 10.7. The van der Waals surface area contributed by atoms with Crippen LogP contribution in [0.1, 0.15) is 22.3 Å². The van der Waals surface area contributed by atoms with Crippen molar-refractivity contribution >= 4 is 22.7 Å². The topological polar surface area (TPSA) is 138 Å². The number of nitrogens with two attached hydrogens (primary N) is 2. The van der Waals surface area contributed by atoms with Crippen molar-refractivity contribution in [2.24, 2.45) is 0 Å². The minimum Gasteiger partial charge on any atom is -0.398 e. The van der Waals surface area contributed by atoms with E-state index in [0.29, 0.717) is 33.6 Å². The zero-order valence-corrected chi connectivity index (χ0v) is 12.7. The number of nitro benzene ring substituents is 2. The molecule has 0 fully saturated rings. The molecule has 0 aromatic heterocycles. The number of hydrogen-bond acceptors (Lipinski definition) is 6. The van der Waals surface area contributed by atoms with Gasteiger partial charge >= 0.3 is 0 Å². The normalized spacial score (nSPS) is 10.5. The molecular weight excluding hydrogens is 300 g/mol. The Morgan fingerprint density at radius 1 is 0.826 bits per heavy atom. The number of hydrogen-bond donors (Lipinski definition) is 2. The van der Waals surface area contributed by atoms with Crippen LogP contribution in [0.15, 0.2) is 24.3 Å². The highest BCUT2D eigenvalue weighted by atomic mass is 16.6. The van der Waals surface area contributed by atoms with Gasteiger partial charge in [-0.2, -0.15) is 0 Å². The van der Waals surface area contributed by atoms with Crippen molar-refractivity contribution in [1.29, 1.82) is 0 Å². The van der Waals surface area contributed by atoms with Crippen molar-refractivity contribution in [1.82, 2.24) is 0 Å². The van der Waals surface area contributed by atoms with E-state index in [1.807, 2.05) is 0 Å². The van der Waals surface area contributed by atoms with Gasteiger partial charge < -0.3 is 11.5 Å². The predicted molar refractivity (Wildman–Crippen MR) is 87.3 cm³/mol. The summed E-state index contributed by atoms with van der Waals surface area (Å²) in [6, 6.07) is 5.73. The van der Waals surface area contributed by atoms with E-state index < -0.39 is 9.85 Å². The van der Waals surface area contributed by atoms with E-state index in [-0.39, 0.29) is 17.8 Å². The summed E-state index contributed by atoms with van der Waals surface area (Å²) in [5.41, 5.74) is 13.8. The van der Waals surface area contributed by atoms with Gasteiger partial charge in [-0.1, -0.05) is 0 Å². The van der Waals surface area contributed by atoms with E-state index in [9.17, 15) is 20.2 Å². The number of rotatable bonds is 4.